The van der Waals surface area contributed by atoms with Crippen LogP contribution in [0.15, 0.2) is 170 Å². The molecule has 0 aliphatic carbocycles. The van der Waals surface area contributed by atoms with E-state index in [9.17, 15) is 4.39 Å². The van der Waals surface area contributed by atoms with E-state index in [0.29, 0.717) is 7.18 Å². The highest BCUT2D eigenvalue weighted by Gasteiger charge is 2.06. The number of imidazole rings is 7. The quantitative estimate of drug-likeness (QED) is 0.148. The molecule has 0 saturated heterocycles. The molecule has 7 aromatic carbocycles. The number of fused-ring (bicyclic) bond motifs is 7. The minimum Gasteiger partial charge on any atom is -0.400 e. The van der Waals surface area contributed by atoms with Gasteiger partial charge in [0.15, 0.2) is 0 Å². The molecule has 14 aromatic rings. The van der Waals surface area contributed by atoms with Crippen LogP contribution in [0.25, 0.3) is 77.2 Å². The SMILES string of the molecule is CC.CC.CC.CCl.CF.CO.Cc1nc2ccccc2n1C.Cc1nc2ccccc2n1C.Cc1nc2ccccc2n1C.Cc1nc2ccccc2n1C.Cc1nc2ccccc2n1C.Cc1nc2ccccc2n1C.Cc1nc2ccccc2n1C. The molecule has 476 valence electrons. The molecule has 0 amide bonds. The third kappa shape index (κ3) is 20.3. The molecule has 0 aliphatic rings. The normalized spacial score (nSPS) is 9.69. The number of rotatable bonds is 0. The average Bonchev–Trinajstić information content (AvgIpc) is 3.39. The van der Waals surface area contributed by atoms with Crippen molar-refractivity contribution in [2.45, 2.75) is 90.0 Å². The Morgan fingerprint density at radius 1 is 0.236 bits per heavy atom. The lowest BCUT2D eigenvalue weighted by atomic mass is 10.3. The number of hydrogen-bond donors (Lipinski definition) is 1. The smallest absolute Gasteiger partial charge is 0.106 e. The fraction of sp³-hybridized carbons (Fsp3) is 0.319. The minimum absolute atomic E-state index is 0.500. The van der Waals surface area contributed by atoms with Gasteiger partial charge in [-0.3, -0.25) is 4.39 Å². The Balaban J connectivity index is 0.000000344. The summed E-state index contributed by atoms with van der Waals surface area (Å²) in [7, 11) is 15.7. The van der Waals surface area contributed by atoms with Crippen molar-refractivity contribution < 1.29 is 9.50 Å². The van der Waals surface area contributed by atoms with Crippen LogP contribution in [0.4, 0.5) is 4.39 Å². The van der Waals surface area contributed by atoms with Crippen LogP contribution in [0.1, 0.15) is 82.3 Å². The van der Waals surface area contributed by atoms with Gasteiger partial charge >= 0.3 is 0 Å². The summed E-state index contributed by atoms with van der Waals surface area (Å²) in [5.74, 6) is 7.43. The number of nitrogens with zero attached hydrogens (tertiary/aromatic N) is 14. The first-order valence-electron chi connectivity index (χ1n) is 29.9. The first-order valence-corrected chi connectivity index (χ1v) is 30.6. The third-order valence-corrected chi connectivity index (χ3v) is 14.1. The van der Waals surface area contributed by atoms with Crippen molar-refractivity contribution in [3.8, 4) is 0 Å². The molecule has 0 unspecified atom stereocenters. The Hall–Kier alpha value is -8.99. The van der Waals surface area contributed by atoms with Gasteiger partial charge in [-0.15, -0.1) is 11.6 Å². The molecule has 1 N–H and O–H groups in total. The van der Waals surface area contributed by atoms with Gasteiger partial charge in [0.2, 0.25) is 0 Å². The molecule has 0 aliphatic heterocycles. The number of hydrogen-bond acceptors (Lipinski definition) is 8. The number of para-hydroxylation sites is 14. The van der Waals surface area contributed by atoms with Gasteiger partial charge in [0, 0.05) is 62.8 Å². The van der Waals surface area contributed by atoms with Crippen molar-refractivity contribution in [1.29, 1.82) is 0 Å². The maximum Gasteiger partial charge on any atom is 0.106 e. The number of halogens is 2. The molecule has 14 rings (SSSR count). The number of aromatic nitrogens is 14. The summed E-state index contributed by atoms with van der Waals surface area (Å²) in [4.78, 5) is 30.6. The van der Waals surface area contributed by atoms with E-state index in [0.717, 1.165) is 86.5 Å². The lowest BCUT2D eigenvalue weighted by Gasteiger charge is -1.93. The van der Waals surface area contributed by atoms with Gasteiger partial charge in [0.05, 0.1) is 84.4 Å². The largest absolute Gasteiger partial charge is 0.400 e. The Kier molecular flexibility index (Phi) is 34.0. The summed E-state index contributed by atoms with van der Waals surface area (Å²) >= 11 is 4.64. The molecule has 0 radical (unpaired) electrons. The monoisotopic (exact) mass is 1230 g/mol. The summed E-state index contributed by atoms with van der Waals surface area (Å²) in [5.41, 5.74) is 15.9. The van der Waals surface area contributed by atoms with Crippen LogP contribution in [-0.4, -0.2) is 92.6 Å². The first kappa shape index (κ1) is 76.1. The van der Waals surface area contributed by atoms with Crippen LogP contribution in [0.3, 0.4) is 0 Å². The third-order valence-electron chi connectivity index (χ3n) is 14.1. The average molecular weight is 1230 g/mol. The molecule has 0 spiro atoms. The molecule has 7 aromatic heterocycles. The van der Waals surface area contributed by atoms with Crippen molar-refractivity contribution in [1.82, 2.24) is 66.9 Å². The Morgan fingerprint density at radius 3 is 0.416 bits per heavy atom. The summed E-state index contributed by atoms with van der Waals surface area (Å²) in [6.07, 6.45) is 1.47. The van der Waals surface area contributed by atoms with Gasteiger partial charge in [-0.1, -0.05) is 126 Å². The minimum atomic E-state index is 0.500. The van der Waals surface area contributed by atoms with E-state index in [1.54, 1.807) is 0 Å². The zero-order chi connectivity index (χ0) is 66.9. The van der Waals surface area contributed by atoms with Gasteiger partial charge in [-0.25, -0.2) is 34.9 Å². The standard InChI is InChI=1S/7C9H10N2.3C2H6.CH3Cl.CH3F.CH4O/c7*1-7-10-8-5-3-4-6-9(8)11(7)2;6*1-2/h7*3-6H,1-2H3;3*1-2H3;2*1H3;2H,1H3. The zero-order valence-corrected chi connectivity index (χ0v) is 57.9. The van der Waals surface area contributed by atoms with Crippen LogP contribution >= 0.6 is 11.6 Å². The fourth-order valence-electron chi connectivity index (χ4n) is 8.86. The van der Waals surface area contributed by atoms with Crippen LogP contribution in [0, 0.1) is 48.5 Å². The predicted molar refractivity (Wildman–Crippen MR) is 379 cm³/mol. The van der Waals surface area contributed by atoms with E-state index in [4.69, 9.17) is 5.11 Å². The van der Waals surface area contributed by atoms with Crippen LogP contribution in [0.2, 0.25) is 0 Å². The second-order valence-corrected chi connectivity index (χ2v) is 18.9. The highest BCUT2D eigenvalue weighted by atomic mass is 35.5. The number of aliphatic hydroxyl groups excluding tert-OH is 1. The Bertz CT molecular complexity index is 3500. The lowest BCUT2D eigenvalue weighted by molar-refractivity contribution is 0.399. The van der Waals surface area contributed by atoms with Crippen molar-refractivity contribution in [2.75, 3.05) is 20.7 Å². The first-order chi connectivity index (χ1) is 43.0. The van der Waals surface area contributed by atoms with E-state index in [2.05, 4.69) is 121 Å². The molecule has 89 heavy (non-hydrogen) atoms. The van der Waals surface area contributed by atoms with E-state index < -0.39 is 0 Å². The van der Waals surface area contributed by atoms with Crippen molar-refractivity contribution in [3.05, 3.63) is 211 Å². The van der Waals surface area contributed by atoms with Gasteiger partial charge in [0.25, 0.3) is 0 Å². The van der Waals surface area contributed by atoms with Crippen LogP contribution in [-0.2, 0) is 49.3 Å². The Labute approximate surface area is 533 Å². The second kappa shape index (κ2) is 39.7. The lowest BCUT2D eigenvalue weighted by Crippen LogP contribution is -1.89. The number of benzene rings is 7. The molecule has 15 nitrogen and oxygen atoms in total. The topological polar surface area (TPSA) is 145 Å². The number of aliphatic hydroxyl groups is 1. The maximum atomic E-state index is 9.50. The molecule has 0 fully saturated rings. The highest BCUT2D eigenvalue weighted by Crippen LogP contribution is 2.18. The second-order valence-electron chi connectivity index (χ2n) is 18.9. The Morgan fingerprint density at radius 2 is 0.326 bits per heavy atom. The summed E-state index contributed by atoms with van der Waals surface area (Å²) in [5, 5.41) is 7.00. The van der Waals surface area contributed by atoms with Gasteiger partial charge in [-0.2, -0.15) is 0 Å². The summed E-state index contributed by atoms with van der Waals surface area (Å²) < 4.78 is 24.1. The van der Waals surface area contributed by atoms with E-state index in [1.165, 1.54) is 45.0 Å². The van der Waals surface area contributed by atoms with Crippen molar-refractivity contribution >= 4 is 88.8 Å². The van der Waals surface area contributed by atoms with Gasteiger partial charge < -0.3 is 37.1 Å². The maximum absolute atomic E-state index is 9.50. The summed E-state index contributed by atoms with van der Waals surface area (Å²) in [6, 6.07) is 57.0. The molecular formula is C72H98ClFN14O. The van der Waals surface area contributed by atoms with Crippen molar-refractivity contribution in [2.24, 2.45) is 49.3 Å². The highest BCUT2D eigenvalue weighted by molar-refractivity contribution is 6.15. The molecule has 0 atom stereocenters. The molecule has 17 heteroatoms. The number of alkyl halides is 2. The van der Waals surface area contributed by atoms with E-state index in [1.807, 2.05) is 267 Å². The predicted octanol–water partition coefficient (Wildman–Crippen LogP) is 17.3. The fourth-order valence-corrected chi connectivity index (χ4v) is 8.86. The molecule has 0 bridgehead atoms. The van der Waals surface area contributed by atoms with Gasteiger partial charge in [0.1, 0.15) is 40.8 Å². The van der Waals surface area contributed by atoms with Crippen molar-refractivity contribution in [3.63, 3.8) is 0 Å². The van der Waals surface area contributed by atoms with E-state index >= 15 is 0 Å². The zero-order valence-electron chi connectivity index (χ0n) is 57.1. The van der Waals surface area contributed by atoms with E-state index in [-0.39, 0.29) is 0 Å². The molecule has 7 heterocycles. The molecular weight excluding hydrogens is 1130 g/mol. The van der Waals surface area contributed by atoms with Crippen LogP contribution in [0.5, 0.6) is 0 Å². The van der Waals surface area contributed by atoms with Gasteiger partial charge in [-0.05, 0) is 133 Å². The van der Waals surface area contributed by atoms with Crippen LogP contribution < -0.4 is 0 Å². The summed E-state index contributed by atoms with van der Waals surface area (Å²) in [6.45, 7) is 26.1. The molecule has 0 saturated carbocycles. The number of aryl methyl sites for hydroxylation is 14.